The molecule has 0 aliphatic rings. The number of nitro benzene ring substituents is 1. The third-order valence-corrected chi connectivity index (χ3v) is 3.35. The van der Waals surface area contributed by atoms with E-state index >= 15 is 0 Å². The molecule has 0 fully saturated rings. The number of rotatable bonds is 3. The zero-order valence-corrected chi connectivity index (χ0v) is 12.0. The highest BCUT2D eigenvalue weighted by molar-refractivity contribution is 6.08. The van der Waals surface area contributed by atoms with E-state index < -0.39 is 22.5 Å². The standard InChI is InChI=1S/C16H9F2N3O3/c17-10-7-12-14(5-6-19-15(12)13(18)8-10)20-16(22)9-1-3-11(4-2-9)21(23)24/h1-8H,(H,19,20,22). The first-order chi connectivity index (χ1) is 11.5. The van der Waals surface area contributed by atoms with Crippen LogP contribution in [0.3, 0.4) is 0 Å². The minimum absolute atomic E-state index is 0.0714. The summed E-state index contributed by atoms with van der Waals surface area (Å²) >= 11 is 0. The van der Waals surface area contributed by atoms with Gasteiger partial charge in [0.1, 0.15) is 11.3 Å². The molecule has 2 aromatic carbocycles. The van der Waals surface area contributed by atoms with Gasteiger partial charge in [-0.15, -0.1) is 0 Å². The number of anilines is 1. The van der Waals surface area contributed by atoms with Crippen LogP contribution in [-0.4, -0.2) is 15.8 Å². The minimum Gasteiger partial charge on any atom is -0.321 e. The van der Waals surface area contributed by atoms with E-state index in [4.69, 9.17) is 0 Å². The predicted octanol–water partition coefficient (Wildman–Crippen LogP) is 3.67. The molecule has 8 heteroatoms. The van der Waals surface area contributed by atoms with E-state index in [0.29, 0.717) is 6.07 Å². The summed E-state index contributed by atoms with van der Waals surface area (Å²) in [7, 11) is 0. The number of carbonyl (C=O) groups is 1. The molecule has 0 atom stereocenters. The van der Waals surface area contributed by atoms with Gasteiger partial charge < -0.3 is 5.32 Å². The quantitative estimate of drug-likeness (QED) is 0.587. The molecule has 0 aliphatic carbocycles. The van der Waals surface area contributed by atoms with E-state index in [0.717, 1.165) is 6.07 Å². The summed E-state index contributed by atoms with van der Waals surface area (Å²) in [4.78, 5) is 26.1. The highest BCUT2D eigenvalue weighted by atomic mass is 19.1. The molecule has 3 aromatic rings. The van der Waals surface area contributed by atoms with E-state index in [-0.39, 0.29) is 27.8 Å². The molecule has 0 bridgehead atoms. The number of nitrogens with one attached hydrogen (secondary N) is 1. The first-order valence-corrected chi connectivity index (χ1v) is 6.75. The van der Waals surface area contributed by atoms with Crippen LogP contribution in [0.4, 0.5) is 20.2 Å². The largest absolute Gasteiger partial charge is 0.321 e. The van der Waals surface area contributed by atoms with Gasteiger partial charge in [-0.25, -0.2) is 8.78 Å². The Kier molecular flexibility index (Phi) is 3.87. The second-order valence-electron chi connectivity index (χ2n) is 4.90. The number of pyridine rings is 1. The first kappa shape index (κ1) is 15.5. The van der Waals surface area contributed by atoms with Crippen molar-refractivity contribution >= 4 is 28.2 Å². The van der Waals surface area contributed by atoms with Crippen molar-refractivity contribution in [1.29, 1.82) is 0 Å². The number of carbonyl (C=O) groups excluding carboxylic acids is 1. The second kappa shape index (κ2) is 5.99. The van der Waals surface area contributed by atoms with Gasteiger partial charge in [-0.05, 0) is 24.3 Å². The molecule has 1 aromatic heterocycles. The van der Waals surface area contributed by atoms with Gasteiger partial charge in [-0.3, -0.25) is 19.9 Å². The van der Waals surface area contributed by atoms with E-state index in [1.165, 1.54) is 36.5 Å². The SMILES string of the molecule is O=C(Nc1ccnc2c(F)cc(F)cc12)c1ccc([N+](=O)[O-])cc1. The zero-order valence-electron chi connectivity index (χ0n) is 12.0. The van der Waals surface area contributed by atoms with Crippen LogP contribution in [0.5, 0.6) is 0 Å². The Hall–Kier alpha value is -3.42. The Morgan fingerprint density at radius 1 is 1.12 bits per heavy atom. The fourth-order valence-electron chi connectivity index (χ4n) is 2.22. The third-order valence-electron chi connectivity index (χ3n) is 3.35. The molecule has 120 valence electrons. The van der Waals surface area contributed by atoms with Gasteiger partial charge in [0, 0.05) is 35.3 Å². The summed E-state index contributed by atoms with van der Waals surface area (Å²) in [6.45, 7) is 0. The number of halogens is 2. The van der Waals surface area contributed by atoms with Crippen molar-refractivity contribution in [3.63, 3.8) is 0 Å². The van der Waals surface area contributed by atoms with Gasteiger partial charge in [-0.2, -0.15) is 0 Å². The fraction of sp³-hybridized carbons (Fsp3) is 0. The normalized spacial score (nSPS) is 10.6. The van der Waals surface area contributed by atoms with E-state index in [2.05, 4.69) is 10.3 Å². The predicted molar refractivity (Wildman–Crippen MR) is 82.7 cm³/mol. The number of nitrogens with zero attached hydrogens (tertiary/aromatic N) is 2. The molecule has 0 unspecified atom stereocenters. The summed E-state index contributed by atoms with van der Waals surface area (Å²) in [5.41, 5.74) is 0.132. The fourth-order valence-corrected chi connectivity index (χ4v) is 2.22. The van der Waals surface area contributed by atoms with Gasteiger partial charge in [0.05, 0.1) is 10.6 Å². The zero-order chi connectivity index (χ0) is 17.3. The van der Waals surface area contributed by atoms with Gasteiger partial charge >= 0.3 is 0 Å². The average Bonchev–Trinajstić information content (AvgIpc) is 2.55. The number of non-ortho nitro benzene ring substituents is 1. The maximum absolute atomic E-state index is 13.7. The lowest BCUT2D eigenvalue weighted by atomic mass is 10.1. The Bertz CT molecular complexity index is 959. The van der Waals surface area contributed by atoms with Gasteiger partial charge in [-0.1, -0.05) is 0 Å². The number of hydrogen-bond acceptors (Lipinski definition) is 4. The Morgan fingerprint density at radius 2 is 1.83 bits per heavy atom. The summed E-state index contributed by atoms with van der Waals surface area (Å²) < 4.78 is 27.1. The van der Waals surface area contributed by atoms with Crippen molar-refractivity contribution in [2.24, 2.45) is 0 Å². The van der Waals surface area contributed by atoms with Crippen LogP contribution in [0.1, 0.15) is 10.4 Å². The molecule has 1 N–H and O–H groups in total. The van der Waals surface area contributed by atoms with Crippen molar-refractivity contribution in [2.75, 3.05) is 5.32 Å². The maximum atomic E-state index is 13.7. The highest BCUT2D eigenvalue weighted by Crippen LogP contribution is 2.25. The molecule has 1 amide bonds. The van der Waals surface area contributed by atoms with E-state index in [1.807, 2.05) is 0 Å². The lowest BCUT2D eigenvalue weighted by Crippen LogP contribution is -2.12. The number of nitro groups is 1. The minimum atomic E-state index is -0.837. The van der Waals surface area contributed by atoms with Gasteiger partial charge in [0.25, 0.3) is 11.6 Å². The van der Waals surface area contributed by atoms with E-state index in [9.17, 15) is 23.7 Å². The van der Waals surface area contributed by atoms with Crippen LogP contribution in [-0.2, 0) is 0 Å². The van der Waals surface area contributed by atoms with Crippen LogP contribution >= 0.6 is 0 Å². The maximum Gasteiger partial charge on any atom is 0.269 e. The van der Waals surface area contributed by atoms with Crippen molar-refractivity contribution < 1.29 is 18.5 Å². The Morgan fingerprint density at radius 3 is 2.50 bits per heavy atom. The highest BCUT2D eigenvalue weighted by Gasteiger charge is 2.13. The first-order valence-electron chi connectivity index (χ1n) is 6.75. The number of amides is 1. The number of hydrogen-bond donors (Lipinski definition) is 1. The molecule has 0 saturated heterocycles. The molecule has 0 radical (unpaired) electrons. The number of fused-ring (bicyclic) bond motifs is 1. The van der Waals surface area contributed by atoms with Crippen LogP contribution in [0.25, 0.3) is 10.9 Å². The molecular formula is C16H9F2N3O3. The van der Waals surface area contributed by atoms with Crippen molar-refractivity contribution in [3.05, 3.63) is 76.0 Å². The van der Waals surface area contributed by atoms with Crippen LogP contribution in [0.2, 0.25) is 0 Å². The monoisotopic (exact) mass is 329 g/mol. The third kappa shape index (κ3) is 2.89. The lowest BCUT2D eigenvalue weighted by molar-refractivity contribution is -0.384. The van der Waals surface area contributed by atoms with Crippen molar-refractivity contribution in [2.45, 2.75) is 0 Å². The summed E-state index contributed by atoms with van der Waals surface area (Å²) in [6.07, 6.45) is 1.29. The van der Waals surface area contributed by atoms with Crippen molar-refractivity contribution in [1.82, 2.24) is 4.98 Å². The average molecular weight is 329 g/mol. The van der Waals surface area contributed by atoms with Crippen LogP contribution in [0, 0.1) is 21.7 Å². The van der Waals surface area contributed by atoms with Gasteiger partial charge in [0.2, 0.25) is 0 Å². The molecule has 0 spiro atoms. The summed E-state index contributed by atoms with van der Waals surface area (Å²) in [5, 5.41) is 13.2. The van der Waals surface area contributed by atoms with Crippen LogP contribution in [0.15, 0.2) is 48.7 Å². The van der Waals surface area contributed by atoms with E-state index in [1.54, 1.807) is 0 Å². The molecule has 6 nitrogen and oxygen atoms in total. The summed E-state index contributed by atoms with van der Waals surface area (Å²) in [6, 6.07) is 8.15. The summed E-state index contributed by atoms with van der Waals surface area (Å²) in [5.74, 6) is -2.20. The number of benzene rings is 2. The van der Waals surface area contributed by atoms with Gasteiger partial charge in [0.15, 0.2) is 5.82 Å². The molecule has 24 heavy (non-hydrogen) atoms. The second-order valence-corrected chi connectivity index (χ2v) is 4.90. The van der Waals surface area contributed by atoms with Crippen molar-refractivity contribution in [3.8, 4) is 0 Å². The lowest BCUT2D eigenvalue weighted by Gasteiger charge is -2.09. The molecule has 1 heterocycles. The number of aromatic nitrogens is 1. The molecule has 3 rings (SSSR count). The Balaban J connectivity index is 1.94. The molecule has 0 saturated carbocycles. The Labute approximate surface area is 133 Å². The molecule has 0 aliphatic heterocycles. The topological polar surface area (TPSA) is 85.1 Å². The smallest absolute Gasteiger partial charge is 0.269 e. The molecular weight excluding hydrogens is 320 g/mol. The van der Waals surface area contributed by atoms with Crippen LogP contribution < -0.4 is 5.32 Å².